The molecule has 0 aliphatic rings. The van der Waals surface area contributed by atoms with Crippen LogP contribution in [0, 0.1) is 0 Å². The van der Waals surface area contributed by atoms with E-state index in [-0.39, 0.29) is 11.6 Å². The highest BCUT2D eigenvalue weighted by Crippen LogP contribution is 2.30. The lowest BCUT2D eigenvalue weighted by atomic mass is 10.2. The summed E-state index contributed by atoms with van der Waals surface area (Å²) >= 11 is 8.51. The molecular formula is C7H6BrClF2N2. The minimum atomic E-state index is -2.68. The molecule has 13 heavy (non-hydrogen) atoms. The van der Waals surface area contributed by atoms with Crippen LogP contribution in [-0.4, -0.2) is 4.98 Å². The third kappa shape index (κ3) is 2.28. The fraction of sp³-hybridized carbons (Fsp3) is 0.286. The van der Waals surface area contributed by atoms with Crippen molar-refractivity contribution in [3.63, 3.8) is 0 Å². The van der Waals surface area contributed by atoms with Crippen molar-refractivity contribution in [3.05, 3.63) is 21.9 Å². The largest absolute Gasteiger partial charge is 0.396 e. The molecule has 0 saturated carbocycles. The summed E-state index contributed by atoms with van der Waals surface area (Å²) in [4.78, 5) is 3.61. The maximum atomic E-state index is 12.3. The monoisotopic (exact) mass is 270 g/mol. The van der Waals surface area contributed by atoms with Crippen LogP contribution in [0.4, 0.5) is 14.5 Å². The van der Waals surface area contributed by atoms with Gasteiger partial charge in [-0.2, -0.15) is 0 Å². The van der Waals surface area contributed by atoms with Crippen LogP contribution in [0.15, 0.2) is 10.5 Å². The Morgan fingerprint density at radius 2 is 2.23 bits per heavy atom. The molecule has 0 aromatic carbocycles. The van der Waals surface area contributed by atoms with Gasteiger partial charge in [0.2, 0.25) is 0 Å². The highest BCUT2D eigenvalue weighted by atomic mass is 79.9. The zero-order chi connectivity index (χ0) is 10.0. The van der Waals surface area contributed by atoms with Crippen LogP contribution < -0.4 is 5.73 Å². The van der Waals surface area contributed by atoms with Crippen molar-refractivity contribution in [1.82, 2.24) is 4.98 Å². The van der Waals surface area contributed by atoms with Gasteiger partial charge in [0.25, 0.3) is 6.43 Å². The first-order valence-corrected chi connectivity index (χ1v) is 4.68. The number of hydrogen-bond acceptors (Lipinski definition) is 2. The summed E-state index contributed by atoms with van der Waals surface area (Å²) in [7, 11) is 0. The van der Waals surface area contributed by atoms with Crippen LogP contribution in [0.1, 0.15) is 17.8 Å². The summed E-state index contributed by atoms with van der Waals surface area (Å²) in [6, 6.07) is 1.52. The number of aromatic nitrogens is 1. The molecule has 0 fully saturated rings. The third-order valence-corrected chi connectivity index (χ3v) is 2.36. The second kappa shape index (κ2) is 4.19. The van der Waals surface area contributed by atoms with Gasteiger partial charge in [0.05, 0.1) is 17.3 Å². The first-order chi connectivity index (χ1) is 6.06. The second-order valence-corrected chi connectivity index (χ2v) is 3.45. The summed E-state index contributed by atoms with van der Waals surface area (Å²) in [6.45, 7) is 0. The summed E-state index contributed by atoms with van der Waals surface area (Å²) < 4.78 is 25.0. The van der Waals surface area contributed by atoms with E-state index in [4.69, 9.17) is 17.3 Å². The Morgan fingerprint density at radius 1 is 1.62 bits per heavy atom. The number of nitrogen functional groups attached to an aromatic ring is 1. The number of nitrogens with two attached hydrogens (primary N) is 1. The van der Waals surface area contributed by atoms with Gasteiger partial charge in [-0.15, -0.1) is 11.6 Å². The van der Waals surface area contributed by atoms with E-state index in [2.05, 4.69) is 20.9 Å². The Bertz CT molecular complexity index is 320. The molecule has 1 heterocycles. The fourth-order valence-corrected chi connectivity index (χ4v) is 1.43. The van der Waals surface area contributed by atoms with Crippen molar-refractivity contribution in [1.29, 1.82) is 0 Å². The highest BCUT2D eigenvalue weighted by Gasteiger charge is 2.16. The molecule has 2 nitrogen and oxygen atoms in total. The topological polar surface area (TPSA) is 38.9 Å². The Morgan fingerprint density at radius 3 is 2.69 bits per heavy atom. The number of nitrogens with zero attached hydrogens (tertiary/aromatic N) is 1. The van der Waals surface area contributed by atoms with E-state index in [9.17, 15) is 8.78 Å². The lowest BCUT2D eigenvalue weighted by molar-refractivity contribution is 0.146. The predicted octanol–water partition coefficient (Wildman–Crippen LogP) is 3.10. The van der Waals surface area contributed by atoms with Crippen molar-refractivity contribution < 1.29 is 8.78 Å². The number of alkyl halides is 3. The predicted molar refractivity (Wildman–Crippen MR) is 50.9 cm³/mol. The first kappa shape index (κ1) is 10.7. The average Bonchev–Trinajstić information content (AvgIpc) is 2.09. The zero-order valence-electron chi connectivity index (χ0n) is 6.40. The number of halogens is 4. The highest BCUT2D eigenvalue weighted by molar-refractivity contribution is 9.10. The molecule has 0 aliphatic carbocycles. The molecule has 0 atom stereocenters. The van der Waals surface area contributed by atoms with Crippen LogP contribution in [0.5, 0.6) is 0 Å². The Hall–Kier alpha value is -0.420. The van der Waals surface area contributed by atoms with E-state index >= 15 is 0 Å². The second-order valence-electron chi connectivity index (χ2n) is 2.33. The molecule has 0 spiro atoms. The molecule has 1 aromatic rings. The molecular weight excluding hydrogens is 265 g/mol. The van der Waals surface area contributed by atoms with E-state index in [1.54, 1.807) is 0 Å². The van der Waals surface area contributed by atoms with Crippen LogP contribution in [0.2, 0.25) is 0 Å². The first-order valence-electron chi connectivity index (χ1n) is 3.35. The van der Waals surface area contributed by atoms with Gasteiger partial charge in [-0.3, -0.25) is 0 Å². The molecule has 1 rings (SSSR count). The van der Waals surface area contributed by atoms with Gasteiger partial charge in [-0.05, 0) is 22.0 Å². The van der Waals surface area contributed by atoms with Gasteiger partial charge in [0, 0.05) is 4.47 Å². The zero-order valence-corrected chi connectivity index (χ0v) is 8.74. The van der Waals surface area contributed by atoms with Gasteiger partial charge in [0.15, 0.2) is 0 Å². The quantitative estimate of drug-likeness (QED) is 0.840. The normalized spacial score (nSPS) is 10.8. The minimum absolute atomic E-state index is 0.0381. The number of anilines is 1. The van der Waals surface area contributed by atoms with Crippen LogP contribution in [0.25, 0.3) is 0 Å². The smallest absolute Gasteiger partial charge is 0.282 e. The molecule has 6 heteroatoms. The molecule has 0 radical (unpaired) electrons. The van der Waals surface area contributed by atoms with Gasteiger partial charge in [-0.1, -0.05) is 0 Å². The molecule has 0 unspecified atom stereocenters. The lowest BCUT2D eigenvalue weighted by Gasteiger charge is -2.07. The van der Waals surface area contributed by atoms with Crippen LogP contribution in [0.3, 0.4) is 0 Å². The van der Waals surface area contributed by atoms with Gasteiger partial charge >= 0.3 is 0 Å². The van der Waals surface area contributed by atoms with E-state index in [1.165, 1.54) is 6.07 Å². The summed E-state index contributed by atoms with van der Waals surface area (Å²) in [5, 5.41) is 0. The SMILES string of the molecule is Nc1c(Br)cc(CCl)nc1C(F)F. The van der Waals surface area contributed by atoms with Crippen LogP contribution in [-0.2, 0) is 5.88 Å². The van der Waals surface area contributed by atoms with Gasteiger partial charge < -0.3 is 5.73 Å². The Balaban J connectivity index is 3.25. The summed E-state index contributed by atoms with van der Waals surface area (Å²) in [6.07, 6.45) is -2.68. The van der Waals surface area contributed by atoms with E-state index in [0.717, 1.165) is 0 Å². The van der Waals surface area contributed by atoms with Crippen molar-refractivity contribution >= 4 is 33.2 Å². The molecule has 0 aliphatic heterocycles. The minimum Gasteiger partial charge on any atom is -0.396 e. The average molecular weight is 271 g/mol. The molecule has 0 bridgehead atoms. The van der Waals surface area contributed by atoms with Gasteiger partial charge in [-0.25, -0.2) is 13.8 Å². The standard InChI is InChI=1S/C7H6BrClF2N2/c8-4-1-3(2-9)13-6(5(4)12)7(10)11/h1,7H,2,12H2. The number of rotatable bonds is 2. The third-order valence-electron chi connectivity index (χ3n) is 1.43. The number of pyridine rings is 1. The van der Waals surface area contributed by atoms with Crippen molar-refractivity contribution in [2.24, 2.45) is 0 Å². The molecule has 1 aromatic heterocycles. The van der Waals surface area contributed by atoms with E-state index < -0.39 is 12.1 Å². The van der Waals surface area contributed by atoms with Crippen molar-refractivity contribution in [2.45, 2.75) is 12.3 Å². The maximum absolute atomic E-state index is 12.3. The fourth-order valence-electron chi connectivity index (χ4n) is 0.828. The Labute approximate surface area is 87.2 Å². The lowest BCUT2D eigenvalue weighted by Crippen LogP contribution is -2.02. The van der Waals surface area contributed by atoms with Crippen molar-refractivity contribution in [3.8, 4) is 0 Å². The van der Waals surface area contributed by atoms with E-state index in [1.807, 2.05) is 0 Å². The van der Waals surface area contributed by atoms with E-state index in [0.29, 0.717) is 10.2 Å². The molecule has 72 valence electrons. The maximum Gasteiger partial charge on any atom is 0.282 e. The summed E-state index contributed by atoms with van der Waals surface area (Å²) in [5.74, 6) is 0.0819. The van der Waals surface area contributed by atoms with Gasteiger partial charge in [0.1, 0.15) is 5.69 Å². The van der Waals surface area contributed by atoms with Crippen LogP contribution >= 0.6 is 27.5 Å². The molecule has 0 saturated heterocycles. The molecule has 0 amide bonds. The Kier molecular flexibility index (Phi) is 3.44. The summed E-state index contributed by atoms with van der Waals surface area (Å²) in [5.41, 5.74) is 5.28. The molecule has 2 N–H and O–H groups in total. The van der Waals surface area contributed by atoms with Crippen molar-refractivity contribution in [2.75, 3.05) is 5.73 Å². The number of hydrogen-bond donors (Lipinski definition) is 1.